The van der Waals surface area contributed by atoms with Crippen molar-refractivity contribution in [1.29, 1.82) is 0 Å². The molecule has 0 N–H and O–H groups in total. The largest absolute Gasteiger partial charge is 0.310 e. The predicted octanol–water partition coefficient (Wildman–Crippen LogP) is 13.1. The molecule has 0 aliphatic heterocycles. The SMILES string of the molecule is c1ccc(-c2ccc(N(c3ccc(-c4ccc5c6ccccc6c6ccccc6c5c4)cc3)c3ccc4ccccc4c3)cc2)cc1. The Labute approximate surface area is 274 Å². The summed E-state index contributed by atoms with van der Waals surface area (Å²) in [6, 6.07) is 68.2. The van der Waals surface area contributed by atoms with Gasteiger partial charge in [0.15, 0.2) is 0 Å². The molecule has 0 fully saturated rings. The van der Waals surface area contributed by atoms with Gasteiger partial charge in [0, 0.05) is 17.1 Å². The highest BCUT2D eigenvalue weighted by Crippen LogP contribution is 2.40. The molecule has 0 aromatic heterocycles. The van der Waals surface area contributed by atoms with Gasteiger partial charge in [0.2, 0.25) is 0 Å². The van der Waals surface area contributed by atoms with Gasteiger partial charge >= 0.3 is 0 Å². The fourth-order valence-corrected chi connectivity index (χ4v) is 7.09. The molecular formula is C46H31N. The molecule has 0 amide bonds. The van der Waals surface area contributed by atoms with E-state index >= 15 is 0 Å². The van der Waals surface area contributed by atoms with E-state index in [9.17, 15) is 0 Å². The first-order valence-electron chi connectivity index (χ1n) is 16.2. The fourth-order valence-electron chi connectivity index (χ4n) is 7.09. The molecule has 47 heavy (non-hydrogen) atoms. The van der Waals surface area contributed by atoms with Gasteiger partial charge in [-0.2, -0.15) is 0 Å². The smallest absolute Gasteiger partial charge is 0.0468 e. The van der Waals surface area contributed by atoms with E-state index in [-0.39, 0.29) is 0 Å². The van der Waals surface area contributed by atoms with E-state index in [0.29, 0.717) is 0 Å². The normalized spacial score (nSPS) is 11.4. The second kappa shape index (κ2) is 11.3. The lowest BCUT2D eigenvalue weighted by Crippen LogP contribution is -2.09. The van der Waals surface area contributed by atoms with Crippen molar-refractivity contribution < 1.29 is 0 Å². The molecule has 0 heterocycles. The first-order chi connectivity index (χ1) is 23.3. The Balaban J connectivity index is 1.14. The van der Waals surface area contributed by atoms with Crippen LogP contribution in [0.4, 0.5) is 17.1 Å². The van der Waals surface area contributed by atoms with Crippen LogP contribution in [-0.2, 0) is 0 Å². The number of nitrogens with zero attached hydrogens (tertiary/aromatic N) is 1. The summed E-state index contributed by atoms with van der Waals surface area (Å²) in [5.41, 5.74) is 8.22. The molecule has 1 nitrogen and oxygen atoms in total. The van der Waals surface area contributed by atoms with Crippen LogP contribution in [0.1, 0.15) is 0 Å². The molecule has 9 rings (SSSR count). The van der Waals surface area contributed by atoms with Crippen LogP contribution < -0.4 is 4.90 Å². The molecule has 0 spiro atoms. The van der Waals surface area contributed by atoms with Gasteiger partial charge in [-0.3, -0.25) is 0 Å². The van der Waals surface area contributed by atoms with Crippen molar-refractivity contribution in [2.24, 2.45) is 0 Å². The molecule has 0 radical (unpaired) electrons. The molecule has 0 aliphatic rings. The lowest BCUT2D eigenvalue weighted by atomic mass is 9.92. The second-order valence-electron chi connectivity index (χ2n) is 12.2. The van der Waals surface area contributed by atoms with Gasteiger partial charge in [-0.05, 0) is 108 Å². The quantitative estimate of drug-likeness (QED) is 0.178. The van der Waals surface area contributed by atoms with Crippen molar-refractivity contribution in [3.05, 3.63) is 188 Å². The zero-order valence-corrected chi connectivity index (χ0v) is 25.8. The summed E-state index contributed by atoms with van der Waals surface area (Å²) in [6.07, 6.45) is 0. The van der Waals surface area contributed by atoms with Gasteiger partial charge in [-0.1, -0.05) is 146 Å². The molecule has 9 aromatic rings. The number of hydrogen-bond donors (Lipinski definition) is 0. The molecule has 1 heteroatoms. The number of hydrogen-bond acceptors (Lipinski definition) is 1. The van der Waals surface area contributed by atoms with E-state index in [1.54, 1.807) is 0 Å². The highest BCUT2D eigenvalue weighted by Gasteiger charge is 2.15. The van der Waals surface area contributed by atoms with Crippen LogP contribution in [0, 0.1) is 0 Å². The van der Waals surface area contributed by atoms with Crippen molar-refractivity contribution in [3.8, 4) is 22.3 Å². The van der Waals surface area contributed by atoms with Crippen LogP contribution in [0.2, 0.25) is 0 Å². The van der Waals surface area contributed by atoms with Crippen LogP contribution >= 0.6 is 0 Å². The van der Waals surface area contributed by atoms with E-state index in [4.69, 9.17) is 0 Å². The van der Waals surface area contributed by atoms with Gasteiger partial charge in [0.05, 0.1) is 0 Å². The lowest BCUT2D eigenvalue weighted by Gasteiger charge is -2.26. The molecule has 0 aliphatic carbocycles. The van der Waals surface area contributed by atoms with Gasteiger partial charge in [-0.25, -0.2) is 0 Å². The Morgan fingerprint density at radius 3 is 1.28 bits per heavy atom. The standard InChI is InChI=1S/C46H31N/c1-2-10-32(11-3-1)34-18-24-38(25-19-34)47(40-28-22-33-12-4-5-13-36(33)30-40)39-26-20-35(21-27-39)37-23-29-45-43-16-7-6-14-41(43)42-15-8-9-17-44(42)46(45)31-37/h1-31H. The third-order valence-corrected chi connectivity index (χ3v) is 9.43. The summed E-state index contributed by atoms with van der Waals surface area (Å²) < 4.78 is 0. The third-order valence-electron chi connectivity index (χ3n) is 9.43. The number of benzene rings is 9. The zero-order chi connectivity index (χ0) is 31.2. The Bertz CT molecular complexity index is 2510. The van der Waals surface area contributed by atoms with Crippen LogP contribution in [0.25, 0.3) is 65.3 Å². The summed E-state index contributed by atoms with van der Waals surface area (Å²) in [5, 5.41) is 10.2. The highest BCUT2D eigenvalue weighted by atomic mass is 15.1. The van der Waals surface area contributed by atoms with Crippen molar-refractivity contribution >= 4 is 60.2 Å². The molecule has 220 valence electrons. The average Bonchev–Trinajstić information content (AvgIpc) is 3.16. The van der Waals surface area contributed by atoms with Crippen molar-refractivity contribution in [2.75, 3.05) is 4.90 Å². The summed E-state index contributed by atoms with van der Waals surface area (Å²) in [5.74, 6) is 0. The Morgan fingerprint density at radius 2 is 0.660 bits per heavy atom. The van der Waals surface area contributed by atoms with Crippen LogP contribution in [0.3, 0.4) is 0 Å². The third kappa shape index (κ3) is 4.81. The van der Waals surface area contributed by atoms with Crippen LogP contribution in [0.15, 0.2) is 188 Å². The van der Waals surface area contributed by atoms with E-state index in [2.05, 4.69) is 193 Å². The summed E-state index contributed by atoms with van der Waals surface area (Å²) in [4.78, 5) is 2.35. The minimum Gasteiger partial charge on any atom is -0.310 e. The number of fused-ring (bicyclic) bond motifs is 7. The molecule has 0 bridgehead atoms. The zero-order valence-electron chi connectivity index (χ0n) is 25.8. The molecule has 0 atom stereocenters. The van der Waals surface area contributed by atoms with Crippen molar-refractivity contribution in [3.63, 3.8) is 0 Å². The van der Waals surface area contributed by atoms with Crippen molar-refractivity contribution in [2.45, 2.75) is 0 Å². The maximum absolute atomic E-state index is 2.36. The minimum atomic E-state index is 1.12. The van der Waals surface area contributed by atoms with Gasteiger partial charge in [-0.15, -0.1) is 0 Å². The van der Waals surface area contributed by atoms with Crippen LogP contribution in [0.5, 0.6) is 0 Å². The summed E-state index contributed by atoms with van der Waals surface area (Å²) in [7, 11) is 0. The topological polar surface area (TPSA) is 3.24 Å². The number of anilines is 3. The van der Waals surface area contributed by atoms with E-state index < -0.39 is 0 Å². The molecule has 0 saturated carbocycles. The van der Waals surface area contributed by atoms with E-state index in [1.807, 2.05) is 0 Å². The molecule has 9 aromatic carbocycles. The highest BCUT2D eigenvalue weighted by molar-refractivity contribution is 6.25. The maximum atomic E-state index is 2.36. The second-order valence-corrected chi connectivity index (χ2v) is 12.2. The van der Waals surface area contributed by atoms with Gasteiger partial charge < -0.3 is 4.90 Å². The first-order valence-corrected chi connectivity index (χ1v) is 16.2. The maximum Gasteiger partial charge on any atom is 0.0468 e. The molecule has 0 unspecified atom stereocenters. The number of rotatable bonds is 5. The molecular weight excluding hydrogens is 567 g/mol. The first kappa shape index (κ1) is 27.2. The van der Waals surface area contributed by atoms with Gasteiger partial charge in [0.1, 0.15) is 0 Å². The Kier molecular flexibility index (Phi) is 6.54. The lowest BCUT2D eigenvalue weighted by molar-refractivity contribution is 1.29. The Hall–Kier alpha value is -6.18. The fraction of sp³-hybridized carbons (Fsp3) is 0. The van der Waals surface area contributed by atoms with E-state index in [0.717, 1.165) is 17.1 Å². The predicted molar refractivity (Wildman–Crippen MR) is 202 cm³/mol. The average molecular weight is 598 g/mol. The van der Waals surface area contributed by atoms with Crippen molar-refractivity contribution in [1.82, 2.24) is 0 Å². The monoisotopic (exact) mass is 597 g/mol. The summed E-state index contributed by atoms with van der Waals surface area (Å²) >= 11 is 0. The minimum absolute atomic E-state index is 1.12. The molecule has 0 saturated heterocycles. The Morgan fingerprint density at radius 1 is 0.234 bits per heavy atom. The van der Waals surface area contributed by atoms with Gasteiger partial charge in [0.25, 0.3) is 0 Å². The van der Waals surface area contributed by atoms with E-state index in [1.165, 1.54) is 65.3 Å². The summed E-state index contributed by atoms with van der Waals surface area (Å²) in [6.45, 7) is 0. The van der Waals surface area contributed by atoms with Crippen LogP contribution in [-0.4, -0.2) is 0 Å².